The molecule has 3 aromatic rings. The Bertz CT molecular complexity index is 1000. The summed E-state index contributed by atoms with van der Waals surface area (Å²) in [6.07, 6.45) is 1.24. The Balaban J connectivity index is 2.50. The van der Waals surface area contributed by atoms with E-state index in [0.717, 1.165) is 29.7 Å². The minimum absolute atomic E-state index is 0.621. The molecule has 3 rings (SSSR count). The lowest BCUT2D eigenvalue weighted by Crippen LogP contribution is -2.23. The normalized spacial score (nSPS) is 11.8. The largest absolute Gasteiger partial charge is 0.370 e. The molecule has 1 heterocycles. The van der Waals surface area contributed by atoms with Crippen molar-refractivity contribution in [3.05, 3.63) is 53.6 Å². The van der Waals surface area contributed by atoms with E-state index in [1.165, 1.54) is 10.2 Å². The second kappa shape index (κ2) is 6.73. The zero-order valence-corrected chi connectivity index (χ0v) is 16.1. The van der Waals surface area contributed by atoms with Crippen molar-refractivity contribution in [2.75, 3.05) is 24.2 Å². The standard InChI is InChI=1S/C19H21ClN2O2S/c1-4-21(5-2)19-16-8-6-7-9-17(16)22(25(3,23)24)18(19)14-10-12-15(20)13-11-14/h6-13H,4-5H2,1-3H3. The Hall–Kier alpha value is -1.98. The molecule has 0 N–H and O–H groups in total. The smallest absolute Gasteiger partial charge is 0.236 e. The summed E-state index contributed by atoms with van der Waals surface area (Å²) in [6.45, 7) is 5.72. The van der Waals surface area contributed by atoms with Crippen LogP contribution in [0.3, 0.4) is 0 Å². The Morgan fingerprint density at radius 2 is 1.60 bits per heavy atom. The first-order chi connectivity index (χ1) is 11.9. The van der Waals surface area contributed by atoms with Gasteiger partial charge in [0.1, 0.15) is 0 Å². The summed E-state index contributed by atoms with van der Waals surface area (Å²) in [5.41, 5.74) is 3.14. The quantitative estimate of drug-likeness (QED) is 0.652. The van der Waals surface area contributed by atoms with Gasteiger partial charge in [0, 0.05) is 29.1 Å². The number of aromatic nitrogens is 1. The van der Waals surface area contributed by atoms with E-state index in [1.54, 1.807) is 12.1 Å². The molecule has 0 spiro atoms. The molecule has 0 amide bonds. The second-order valence-electron chi connectivity index (χ2n) is 5.92. The van der Waals surface area contributed by atoms with Gasteiger partial charge in [-0.3, -0.25) is 0 Å². The van der Waals surface area contributed by atoms with Crippen LogP contribution in [0.4, 0.5) is 5.69 Å². The van der Waals surface area contributed by atoms with Gasteiger partial charge >= 0.3 is 0 Å². The highest BCUT2D eigenvalue weighted by Gasteiger charge is 2.25. The number of rotatable bonds is 5. The van der Waals surface area contributed by atoms with Crippen LogP contribution in [0.15, 0.2) is 48.5 Å². The van der Waals surface area contributed by atoms with Gasteiger partial charge in [-0.05, 0) is 32.0 Å². The topological polar surface area (TPSA) is 42.3 Å². The highest BCUT2D eigenvalue weighted by Crippen LogP contribution is 2.41. The van der Waals surface area contributed by atoms with E-state index < -0.39 is 10.0 Å². The summed E-state index contributed by atoms with van der Waals surface area (Å²) in [6, 6.07) is 14.9. The number of fused-ring (bicyclic) bond motifs is 1. The summed E-state index contributed by atoms with van der Waals surface area (Å²) >= 11 is 6.03. The van der Waals surface area contributed by atoms with E-state index in [1.807, 2.05) is 36.4 Å². The van der Waals surface area contributed by atoms with Crippen molar-refractivity contribution >= 4 is 38.2 Å². The van der Waals surface area contributed by atoms with Gasteiger partial charge in [0.15, 0.2) is 0 Å². The van der Waals surface area contributed by atoms with Crippen LogP contribution in [0, 0.1) is 0 Å². The van der Waals surface area contributed by atoms with E-state index >= 15 is 0 Å². The molecule has 0 saturated heterocycles. The molecular formula is C19H21ClN2O2S. The van der Waals surface area contributed by atoms with Gasteiger partial charge in [-0.1, -0.05) is 41.9 Å². The van der Waals surface area contributed by atoms with Crippen LogP contribution in [-0.4, -0.2) is 31.7 Å². The summed E-state index contributed by atoms with van der Waals surface area (Å²) < 4.78 is 26.7. The van der Waals surface area contributed by atoms with Crippen LogP contribution in [0.2, 0.25) is 5.02 Å². The SMILES string of the molecule is CCN(CC)c1c(-c2ccc(Cl)cc2)n(S(C)(=O)=O)c2ccccc12. The van der Waals surface area contributed by atoms with Crippen molar-refractivity contribution in [1.82, 2.24) is 3.97 Å². The molecule has 6 heteroatoms. The lowest BCUT2D eigenvalue weighted by atomic mass is 10.1. The third-order valence-corrected chi connectivity index (χ3v) is 5.63. The van der Waals surface area contributed by atoms with Crippen molar-refractivity contribution in [2.24, 2.45) is 0 Å². The minimum atomic E-state index is -3.49. The van der Waals surface area contributed by atoms with Crippen molar-refractivity contribution in [3.63, 3.8) is 0 Å². The van der Waals surface area contributed by atoms with Crippen LogP contribution in [0.1, 0.15) is 13.8 Å². The van der Waals surface area contributed by atoms with Crippen molar-refractivity contribution < 1.29 is 8.42 Å². The maximum absolute atomic E-state index is 12.6. The Morgan fingerprint density at radius 3 is 2.16 bits per heavy atom. The van der Waals surface area contributed by atoms with E-state index in [4.69, 9.17) is 11.6 Å². The number of para-hydroxylation sites is 1. The first-order valence-electron chi connectivity index (χ1n) is 8.23. The van der Waals surface area contributed by atoms with Crippen LogP contribution in [0.25, 0.3) is 22.2 Å². The lowest BCUT2D eigenvalue weighted by molar-refractivity contribution is 0.595. The number of hydrogen-bond donors (Lipinski definition) is 0. The Morgan fingerprint density at radius 1 is 1.00 bits per heavy atom. The molecule has 132 valence electrons. The Kier molecular flexibility index (Phi) is 4.80. The van der Waals surface area contributed by atoms with Crippen molar-refractivity contribution in [1.29, 1.82) is 0 Å². The van der Waals surface area contributed by atoms with E-state index in [0.29, 0.717) is 16.2 Å². The van der Waals surface area contributed by atoms with Crippen LogP contribution in [-0.2, 0) is 10.0 Å². The molecule has 0 radical (unpaired) electrons. The molecule has 0 fully saturated rings. The van der Waals surface area contributed by atoms with Gasteiger partial charge in [-0.15, -0.1) is 0 Å². The van der Waals surface area contributed by atoms with Crippen LogP contribution in [0.5, 0.6) is 0 Å². The third kappa shape index (κ3) is 3.14. The van der Waals surface area contributed by atoms with E-state index in [2.05, 4.69) is 18.7 Å². The maximum atomic E-state index is 12.6. The molecule has 0 aliphatic heterocycles. The molecule has 0 saturated carbocycles. The molecule has 0 aliphatic rings. The fraction of sp³-hybridized carbons (Fsp3) is 0.263. The molecule has 25 heavy (non-hydrogen) atoms. The average Bonchev–Trinajstić information content (AvgIpc) is 2.92. The number of benzene rings is 2. The highest BCUT2D eigenvalue weighted by molar-refractivity contribution is 7.89. The Labute approximate surface area is 153 Å². The molecule has 2 aromatic carbocycles. The fourth-order valence-electron chi connectivity index (χ4n) is 3.26. The zero-order valence-electron chi connectivity index (χ0n) is 14.5. The molecular weight excluding hydrogens is 356 g/mol. The fourth-order valence-corrected chi connectivity index (χ4v) is 4.43. The third-order valence-electron chi connectivity index (χ3n) is 4.33. The lowest BCUT2D eigenvalue weighted by Gasteiger charge is -2.23. The maximum Gasteiger partial charge on any atom is 0.236 e. The molecule has 0 bridgehead atoms. The minimum Gasteiger partial charge on any atom is -0.370 e. The van der Waals surface area contributed by atoms with Crippen LogP contribution < -0.4 is 4.90 Å². The number of halogens is 1. The van der Waals surface area contributed by atoms with Gasteiger partial charge in [-0.2, -0.15) is 0 Å². The van der Waals surface area contributed by atoms with Gasteiger partial charge in [0.25, 0.3) is 0 Å². The van der Waals surface area contributed by atoms with Gasteiger partial charge in [0.2, 0.25) is 10.0 Å². The predicted octanol–water partition coefficient (Wildman–Crippen LogP) is 4.62. The summed E-state index contributed by atoms with van der Waals surface area (Å²) in [5, 5.41) is 1.55. The predicted molar refractivity (Wildman–Crippen MR) is 106 cm³/mol. The van der Waals surface area contributed by atoms with Gasteiger partial charge < -0.3 is 4.90 Å². The van der Waals surface area contributed by atoms with Crippen molar-refractivity contribution in [3.8, 4) is 11.3 Å². The second-order valence-corrected chi connectivity index (χ2v) is 8.19. The average molecular weight is 377 g/mol. The van der Waals surface area contributed by atoms with Crippen LogP contribution >= 0.6 is 11.6 Å². The molecule has 4 nitrogen and oxygen atoms in total. The summed E-state index contributed by atoms with van der Waals surface area (Å²) in [7, 11) is -3.49. The molecule has 0 atom stereocenters. The summed E-state index contributed by atoms with van der Waals surface area (Å²) in [5.74, 6) is 0. The molecule has 0 aliphatic carbocycles. The number of anilines is 1. The van der Waals surface area contributed by atoms with Gasteiger partial charge in [0.05, 0.1) is 23.2 Å². The zero-order chi connectivity index (χ0) is 18.2. The first kappa shape index (κ1) is 17.8. The number of nitrogens with zero attached hydrogens (tertiary/aromatic N) is 2. The monoisotopic (exact) mass is 376 g/mol. The van der Waals surface area contributed by atoms with E-state index in [9.17, 15) is 8.42 Å². The number of hydrogen-bond acceptors (Lipinski definition) is 3. The molecule has 1 aromatic heterocycles. The highest BCUT2D eigenvalue weighted by atomic mass is 35.5. The summed E-state index contributed by atoms with van der Waals surface area (Å²) in [4.78, 5) is 2.19. The van der Waals surface area contributed by atoms with Crippen molar-refractivity contribution in [2.45, 2.75) is 13.8 Å². The first-order valence-corrected chi connectivity index (χ1v) is 10.5. The van der Waals surface area contributed by atoms with Gasteiger partial charge in [-0.25, -0.2) is 12.4 Å². The van der Waals surface area contributed by atoms with E-state index in [-0.39, 0.29) is 0 Å². The molecule has 0 unspecified atom stereocenters.